The van der Waals surface area contributed by atoms with Crippen molar-refractivity contribution in [3.63, 3.8) is 0 Å². The molecule has 0 aliphatic heterocycles. The van der Waals surface area contributed by atoms with Crippen LogP contribution in [0.3, 0.4) is 0 Å². The van der Waals surface area contributed by atoms with Crippen LogP contribution in [-0.2, 0) is 4.94 Å². The zero-order chi connectivity index (χ0) is 10.5. The van der Waals surface area contributed by atoms with E-state index in [2.05, 4.69) is 17.9 Å². The summed E-state index contributed by atoms with van der Waals surface area (Å²) in [5.74, 6) is 0.883. The number of anilines is 1. The first kappa shape index (κ1) is 10.9. The van der Waals surface area contributed by atoms with Crippen LogP contribution in [0.15, 0.2) is 17.5 Å². The van der Waals surface area contributed by atoms with Gasteiger partial charge in [0.25, 0.3) is 0 Å². The molecule has 0 radical (unpaired) electrons. The van der Waals surface area contributed by atoms with E-state index in [-0.39, 0.29) is 0 Å². The van der Waals surface area contributed by atoms with Crippen molar-refractivity contribution >= 4 is 16.3 Å². The van der Waals surface area contributed by atoms with E-state index in [1.54, 1.807) is 11.3 Å². The fraction of sp³-hybridized carbons (Fsp3) is 0.636. The van der Waals surface area contributed by atoms with E-state index >= 15 is 0 Å². The molecule has 1 aliphatic carbocycles. The number of hydrogen-bond donors (Lipinski definition) is 2. The molecular formula is C11H18N2OS. The number of nitrogens with one attached hydrogen (secondary N) is 2. The lowest BCUT2D eigenvalue weighted by Crippen LogP contribution is -2.34. The fourth-order valence-corrected chi connectivity index (χ4v) is 2.43. The number of hydrogen-bond acceptors (Lipinski definition) is 4. The van der Waals surface area contributed by atoms with E-state index in [4.69, 9.17) is 4.94 Å². The maximum Gasteiger partial charge on any atom is 0.115 e. The van der Waals surface area contributed by atoms with E-state index in [1.807, 2.05) is 17.5 Å². The van der Waals surface area contributed by atoms with Crippen LogP contribution in [0, 0.1) is 5.92 Å². The molecule has 15 heavy (non-hydrogen) atoms. The standard InChI is InChI=1S/C11H18N2OS/c1-9-4-6-10(7-5-9)12-14-13-11-3-2-8-15-11/h2-3,8-10,12-13H,4-7H2,1H3. The third kappa shape index (κ3) is 3.48. The van der Waals surface area contributed by atoms with Gasteiger partial charge in [-0.2, -0.15) is 10.4 Å². The summed E-state index contributed by atoms with van der Waals surface area (Å²) in [5, 5.41) is 3.06. The normalized spacial score (nSPS) is 26.5. The van der Waals surface area contributed by atoms with Crippen molar-refractivity contribution in [1.29, 1.82) is 0 Å². The molecule has 0 bridgehead atoms. The molecule has 0 atom stereocenters. The molecule has 84 valence electrons. The van der Waals surface area contributed by atoms with E-state index in [0.717, 1.165) is 10.9 Å². The van der Waals surface area contributed by atoms with Crippen molar-refractivity contribution in [2.24, 2.45) is 5.92 Å². The maximum atomic E-state index is 5.26. The van der Waals surface area contributed by atoms with Crippen molar-refractivity contribution in [1.82, 2.24) is 5.48 Å². The summed E-state index contributed by atoms with van der Waals surface area (Å²) in [6.07, 6.45) is 5.04. The Bertz CT molecular complexity index is 268. The Morgan fingerprint density at radius 1 is 1.33 bits per heavy atom. The Labute approximate surface area is 94.7 Å². The monoisotopic (exact) mass is 226 g/mol. The molecule has 1 heterocycles. The molecule has 1 saturated carbocycles. The SMILES string of the molecule is CC1CCC(NONc2cccs2)CC1. The highest BCUT2D eigenvalue weighted by Crippen LogP contribution is 2.23. The smallest absolute Gasteiger partial charge is 0.115 e. The predicted octanol–water partition coefficient (Wildman–Crippen LogP) is 3.17. The van der Waals surface area contributed by atoms with Gasteiger partial charge >= 0.3 is 0 Å². The zero-order valence-corrected chi connectivity index (χ0v) is 9.85. The van der Waals surface area contributed by atoms with Crippen molar-refractivity contribution < 1.29 is 4.94 Å². The summed E-state index contributed by atoms with van der Waals surface area (Å²) < 4.78 is 0. The highest BCUT2D eigenvalue weighted by Gasteiger charge is 2.17. The van der Waals surface area contributed by atoms with E-state index < -0.39 is 0 Å². The molecule has 1 aromatic rings. The Morgan fingerprint density at radius 3 is 2.80 bits per heavy atom. The van der Waals surface area contributed by atoms with Crippen LogP contribution in [0.25, 0.3) is 0 Å². The third-order valence-electron chi connectivity index (χ3n) is 2.91. The summed E-state index contributed by atoms with van der Waals surface area (Å²) >= 11 is 1.63. The Morgan fingerprint density at radius 2 is 2.13 bits per heavy atom. The largest absolute Gasteiger partial charge is 0.238 e. The molecule has 0 saturated heterocycles. The van der Waals surface area contributed by atoms with Gasteiger partial charge in [-0.1, -0.05) is 6.92 Å². The van der Waals surface area contributed by atoms with Crippen LogP contribution >= 0.6 is 11.3 Å². The van der Waals surface area contributed by atoms with Crippen LogP contribution in [-0.4, -0.2) is 6.04 Å². The van der Waals surface area contributed by atoms with Gasteiger partial charge < -0.3 is 0 Å². The molecule has 1 fully saturated rings. The molecule has 2 rings (SSSR count). The first-order chi connectivity index (χ1) is 7.34. The van der Waals surface area contributed by atoms with E-state index in [9.17, 15) is 0 Å². The summed E-state index contributed by atoms with van der Waals surface area (Å²) in [6.45, 7) is 2.32. The summed E-state index contributed by atoms with van der Waals surface area (Å²) in [6, 6.07) is 4.50. The topological polar surface area (TPSA) is 33.3 Å². The van der Waals surface area contributed by atoms with Crippen LogP contribution in [0.2, 0.25) is 0 Å². The molecule has 0 spiro atoms. The molecule has 1 aromatic heterocycles. The van der Waals surface area contributed by atoms with Crippen LogP contribution in [0.5, 0.6) is 0 Å². The first-order valence-corrected chi connectivity index (χ1v) is 6.43. The quantitative estimate of drug-likeness (QED) is 0.774. The van der Waals surface area contributed by atoms with E-state index in [0.29, 0.717) is 6.04 Å². The molecule has 0 unspecified atom stereocenters. The maximum absolute atomic E-state index is 5.26. The molecule has 1 aliphatic rings. The minimum Gasteiger partial charge on any atom is -0.238 e. The summed E-state index contributed by atoms with van der Waals surface area (Å²) in [7, 11) is 0. The van der Waals surface area contributed by atoms with Gasteiger partial charge in [-0.25, -0.2) is 5.48 Å². The summed E-state index contributed by atoms with van der Waals surface area (Å²) in [4.78, 5) is 5.26. The minimum absolute atomic E-state index is 0.508. The van der Waals surface area contributed by atoms with Gasteiger partial charge in [0.1, 0.15) is 5.00 Å². The van der Waals surface area contributed by atoms with Crippen molar-refractivity contribution in [2.75, 3.05) is 5.48 Å². The second kappa shape index (κ2) is 5.49. The number of hydroxylamine groups is 1. The highest BCUT2D eigenvalue weighted by molar-refractivity contribution is 7.14. The second-order valence-corrected chi connectivity index (χ2v) is 5.20. The number of rotatable bonds is 4. The highest BCUT2D eigenvalue weighted by atomic mass is 32.1. The molecule has 0 aromatic carbocycles. The van der Waals surface area contributed by atoms with E-state index in [1.165, 1.54) is 25.7 Å². The Kier molecular flexibility index (Phi) is 4.00. The van der Waals surface area contributed by atoms with Gasteiger partial charge in [-0.05, 0) is 49.1 Å². The van der Waals surface area contributed by atoms with Crippen molar-refractivity contribution in [3.8, 4) is 0 Å². The zero-order valence-electron chi connectivity index (χ0n) is 9.03. The number of thiophene rings is 1. The molecule has 4 heteroatoms. The lowest BCUT2D eigenvalue weighted by atomic mass is 9.88. The molecule has 3 nitrogen and oxygen atoms in total. The molecule has 0 amide bonds. The molecular weight excluding hydrogens is 208 g/mol. The van der Waals surface area contributed by atoms with Crippen molar-refractivity contribution in [2.45, 2.75) is 38.6 Å². The first-order valence-electron chi connectivity index (χ1n) is 5.55. The predicted molar refractivity (Wildman–Crippen MR) is 63.6 cm³/mol. The van der Waals surface area contributed by atoms with Gasteiger partial charge in [-0.3, -0.25) is 0 Å². The second-order valence-electron chi connectivity index (χ2n) is 4.26. The van der Waals surface area contributed by atoms with Gasteiger partial charge in [0, 0.05) is 6.04 Å². The van der Waals surface area contributed by atoms with Crippen LogP contribution < -0.4 is 11.0 Å². The average molecular weight is 226 g/mol. The lowest BCUT2D eigenvalue weighted by Gasteiger charge is -2.26. The lowest BCUT2D eigenvalue weighted by molar-refractivity contribution is 0.0428. The van der Waals surface area contributed by atoms with Crippen LogP contribution in [0.1, 0.15) is 32.6 Å². The van der Waals surface area contributed by atoms with Crippen molar-refractivity contribution in [3.05, 3.63) is 17.5 Å². The van der Waals surface area contributed by atoms with Gasteiger partial charge in [-0.15, -0.1) is 11.3 Å². The molecule has 2 N–H and O–H groups in total. The van der Waals surface area contributed by atoms with Gasteiger partial charge in [0.05, 0.1) is 0 Å². The third-order valence-corrected chi connectivity index (χ3v) is 3.68. The van der Waals surface area contributed by atoms with Gasteiger partial charge in [0.15, 0.2) is 0 Å². The van der Waals surface area contributed by atoms with Gasteiger partial charge in [0.2, 0.25) is 0 Å². The Hall–Kier alpha value is -0.580. The fourth-order valence-electron chi connectivity index (χ4n) is 1.88. The average Bonchev–Trinajstić information content (AvgIpc) is 2.74. The minimum atomic E-state index is 0.508. The van der Waals surface area contributed by atoms with Crippen LogP contribution in [0.4, 0.5) is 5.00 Å². The Balaban J connectivity index is 1.62. The summed E-state index contributed by atoms with van der Waals surface area (Å²) in [5.41, 5.74) is 5.97.